The second-order valence-electron chi connectivity index (χ2n) is 5.44. The third kappa shape index (κ3) is 2.45. The maximum atomic E-state index is 13.8. The van der Waals surface area contributed by atoms with E-state index in [0.29, 0.717) is 18.4 Å². The molecule has 0 radical (unpaired) electrons. The first-order valence-electron chi connectivity index (χ1n) is 6.95. The second-order valence-corrected chi connectivity index (χ2v) is 5.44. The summed E-state index contributed by atoms with van der Waals surface area (Å²) in [7, 11) is 0. The third-order valence-electron chi connectivity index (χ3n) is 3.83. The molecular weight excluding hydrogens is 330 g/mol. The Morgan fingerprint density at radius 1 is 1.33 bits per heavy atom. The highest BCUT2D eigenvalue weighted by molar-refractivity contribution is 6.09. The number of hydrogen-bond acceptors (Lipinski definition) is 3. The van der Waals surface area contributed by atoms with Crippen LogP contribution in [-0.2, 0) is 6.18 Å². The smallest absolute Gasteiger partial charge is 0.305 e. The van der Waals surface area contributed by atoms with Crippen molar-refractivity contribution < 1.29 is 27.2 Å². The Morgan fingerprint density at radius 3 is 2.62 bits per heavy atom. The Kier molecular flexibility index (Phi) is 3.66. The van der Waals surface area contributed by atoms with Crippen LogP contribution in [0.4, 0.5) is 23.2 Å². The topological polar surface area (TPSA) is 55.2 Å². The van der Waals surface area contributed by atoms with Gasteiger partial charge >= 0.3 is 6.18 Å². The van der Waals surface area contributed by atoms with Crippen LogP contribution in [0.1, 0.15) is 39.4 Å². The molecule has 126 valence electrons. The molecule has 9 heteroatoms. The molecule has 2 aromatic rings. The molecule has 0 saturated heterocycles. The molecule has 0 bridgehead atoms. The minimum Gasteiger partial charge on any atom is -0.305 e. The van der Waals surface area contributed by atoms with Crippen molar-refractivity contribution in [2.75, 3.05) is 11.4 Å². The van der Waals surface area contributed by atoms with E-state index >= 15 is 0 Å². The minimum atomic E-state index is -4.81. The zero-order valence-electron chi connectivity index (χ0n) is 12.3. The first-order chi connectivity index (χ1) is 11.2. The van der Waals surface area contributed by atoms with Crippen molar-refractivity contribution in [1.82, 2.24) is 9.78 Å². The number of nitrogens with zero attached hydrogens (tertiary/aromatic N) is 3. The Hall–Kier alpha value is -2.71. The number of fused-ring (bicyclic) bond motifs is 1. The monoisotopic (exact) mass is 341 g/mol. The molecule has 0 fully saturated rings. The fourth-order valence-electron chi connectivity index (χ4n) is 2.69. The van der Waals surface area contributed by atoms with Crippen LogP contribution >= 0.6 is 0 Å². The Bertz CT molecular complexity index is 829. The van der Waals surface area contributed by atoms with E-state index in [2.05, 4.69) is 5.10 Å². The number of halogens is 4. The number of benzene rings is 1. The average molecular weight is 341 g/mol. The maximum Gasteiger partial charge on any atom is 0.419 e. The first kappa shape index (κ1) is 16.2. The summed E-state index contributed by atoms with van der Waals surface area (Å²) in [5.74, 6) is -2.08. The van der Waals surface area contributed by atoms with Crippen LogP contribution in [0.2, 0.25) is 0 Å². The van der Waals surface area contributed by atoms with Gasteiger partial charge in [-0.3, -0.25) is 14.3 Å². The lowest BCUT2D eigenvalue weighted by molar-refractivity contribution is -0.139. The van der Waals surface area contributed by atoms with E-state index in [0.717, 1.165) is 11.0 Å². The molecule has 1 aromatic heterocycles. The van der Waals surface area contributed by atoms with Gasteiger partial charge in [0.05, 0.1) is 23.4 Å². The molecule has 1 aromatic carbocycles. The Morgan fingerprint density at radius 2 is 2.04 bits per heavy atom. The number of hydrogen-bond donors (Lipinski definition) is 0. The van der Waals surface area contributed by atoms with Crippen molar-refractivity contribution >= 4 is 17.9 Å². The molecule has 24 heavy (non-hydrogen) atoms. The zero-order valence-corrected chi connectivity index (χ0v) is 12.3. The predicted molar refractivity (Wildman–Crippen MR) is 75.4 cm³/mol. The number of alkyl halides is 3. The zero-order chi connectivity index (χ0) is 17.6. The van der Waals surface area contributed by atoms with Crippen LogP contribution in [-0.4, -0.2) is 28.5 Å². The van der Waals surface area contributed by atoms with E-state index in [1.54, 1.807) is 6.92 Å². The van der Waals surface area contributed by atoms with Crippen LogP contribution < -0.4 is 4.90 Å². The molecule has 5 nitrogen and oxygen atoms in total. The number of carbonyl (C=O) groups excluding carboxylic acids is 2. The summed E-state index contributed by atoms with van der Waals surface area (Å²) in [4.78, 5) is 24.7. The molecule has 0 saturated carbocycles. The number of rotatable bonds is 2. The van der Waals surface area contributed by atoms with E-state index in [9.17, 15) is 27.2 Å². The molecule has 0 N–H and O–H groups in total. The highest BCUT2D eigenvalue weighted by Crippen LogP contribution is 2.34. The van der Waals surface area contributed by atoms with Crippen molar-refractivity contribution in [3.63, 3.8) is 0 Å². The van der Waals surface area contributed by atoms with Gasteiger partial charge in [-0.2, -0.15) is 18.3 Å². The van der Waals surface area contributed by atoms with Gasteiger partial charge in [0.15, 0.2) is 6.29 Å². The van der Waals surface area contributed by atoms with Gasteiger partial charge in [-0.05, 0) is 25.1 Å². The average Bonchev–Trinajstić information content (AvgIpc) is 2.94. The van der Waals surface area contributed by atoms with Crippen LogP contribution in [0.15, 0.2) is 24.4 Å². The van der Waals surface area contributed by atoms with Crippen LogP contribution in [0, 0.1) is 5.82 Å². The van der Waals surface area contributed by atoms with E-state index < -0.39 is 23.5 Å². The maximum absolute atomic E-state index is 13.8. The van der Waals surface area contributed by atoms with Crippen LogP contribution in [0.5, 0.6) is 0 Å². The molecule has 1 aliphatic heterocycles. The van der Waals surface area contributed by atoms with Gasteiger partial charge in [-0.25, -0.2) is 4.39 Å². The van der Waals surface area contributed by atoms with Gasteiger partial charge in [0.25, 0.3) is 5.91 Å². The highest BCUT2D eigenvalue weighted by atomic mass is 19.4. The number of aldehydes is 1. The fraction of sp³-hybridized carbons (Fsp3) is 0.267. The van der Waals surface area contributed by atoms with Gasteiger partial charge < -0.3 is 4.90 Å². The van der Waals surface area contributed by atoms with Crippen molar-refractivity contribution in [3.8, 4) is 0 Å². The Balaban J connectivity index is 2.04. The summed E-state index contributed by atoms with van der Waals surface area (Å²) in [6.07, 6.45) is -3.10. The number of carbonyl (C=O) groups is 2. The second kappa shape index (κ2) is 5.43. The molecule has 1 unspecified atom stereocenters. The molecule has 0 spiro atoms. The van der Waals surface area contributed by atoms with Gasteiger partial charge in [-0.15, -0.1) is 0 Å². The van der Waals surface area contributed by atoms with Crippen molar-refractivity contribution in [2.45, 2.75) is 19.1 Å². The molecule has 0 aliphatic carbocycles. The highest BCUT2D eigenvalue weighted by Gasteiger charge is 2.36. The lowest BCUT2D eigenvalue weighted by Gasteiger charge is -2.32. The summed E-state index contributed by atoms with van der Waals surface area (Å²) in [5.41, 5.74) is -1.31. The lowest BCUT2D eigenvalue weighted by atomic mass is 10.1. The lowest BCUT2D eigenvalue weighted by Crippen LogP contribution is -2.43. The standard InChI is InChI=1S/C15H11F4N3O2/c1-8-6-21(14(24)13-9(7-23)5-20-22(8)13)10-2-3-11(12(16)4-10)15(17,18)19/h2-5,7-8H,6H2,1H3. The summed E-state index contributed by atoms with van der Waals surface area (Å²) in [5, 5.41) is 3.97. The normalized spacial score (nSPS) is 17.8. The number of anilines is 1. The molecule has 1 atom stereocenters. The van der Waals surface area contributed by atoms with Crippen LogP contribution in [0.25, 0.3) is 0 Å². The molecule has 2 heterocycles. The SMILES string of the molecule is CC1CN(c2ccc(C(F)(F)F)c(F)c2)C(=O)c2c(C=O)cnn21. The first-order valence-corrected chi connectivity index (χ1v) is 6.95. The van der Waals surface area contributed by atoms with Crippen LogP contribution in [0.3, 0.4) is 0 Å². The number of amides is 1. The predicted octanol–water partition coefficient (Wildman–Crippen LogP) is 3.07. The van der Waals surface area contributed by atoms with E-state index in [1.165, 1.54) is 10.9 Å². The third-order valence-corrected chi connectivity index (χ3v) is 3.83. The largest absolute Gasteiger partial charge is 0.419 e. The van der Waals surface area contributed by atoms with Gasteiger partial charge in [0.2, 0.25) is 0 Å². The van der Waals surface area contributed by atoms with Crippen molar-refractivity contribution in [1.29, 1.82) is 0 Å². The van der Waals surface area contributed by atoms with Gasteiger partial charge in [-0.1, -0.05) is 0 Å². The summed E-state index contributed by atoms with van der Waals surface area (Å²) < 4.78 is 53.1. The minimum absolute atomic E-state index is 0.0124. The molecule has 1 amide bonds. The van der Waals surface area contributed by atoms with Crippen molar-refractivity contribution in [2.24, 2.45) is 0 Å². The van der Waals surface area contributed by atoms with Gasteiger partial charge in [0, 0.05) is 12.2 Å². The van der Waals surface area contributed by atoms with Gasteiger partial charge in [0.1, 0.15) is 11.5 Å². The summed E-state index contributed by atoms with van der Waals surface area (Å²) in [6, 6.07) is 1.97. The summed E-state index contributed by atoms with van der Waals surface area (Å²) in [6.45, 7) is 1.82. The number of aromatic nitrogens is 2. The van der Waals surface area contributed by atoms with E-state index in [1.807, 2.05) is 0 Å². The van der Waals surface area contributed by atoms with E-state index in [-0.39, 0.29) is 29.5 Å². The van der Waals surface area contributed by atoms with E-state index in [4.69, 9.17) is 0 Å². The molecule has 3 rings (SSSR count). The Labute approximate surface area is 133 Å². The molecular formula is C15H11F4N3O2. The van der Waals surface area contributed by atoms with Crippen molar-refractivity contribution in [3.05, 3.63) is 47.0 Å². The fourth-order valence-corrected chi connectivity index (χ4v) is 2.69. The summed E-state index contributed by atoms with van der Waals surface area (Å²) >= 11 is 0. The quantitative estimate of drug-likeness (QED) is 0.623. The molecule has 1 aliphatic rings.